The first-order valence-electron chi connectivity index (χ1n) is 10.1. The van der Waals surface area contributed by atoms with Gasteiger partial charge in [-0.2, -0.15) is 0 Å². The smallest absolute Gasteiger partial charge is 0.0622 e. The summed E-state index contributed by atoms with van der Waals surface area (Å²) in [5.41, 5.74) is 4.72. The van der Waals surface area contributed by atoms with Crippen LogP contribution >= 0.6 is 0 Å². The monoisotopic (exact) mass is 370 g/mol. The van der Waals surface area contributed by atoms with Crippen LogP contribution in [0.1, 0.15) is 22.3 Å². The van der Waals surface area contributed by atoms with Gasteiger partial charge in [0.25, 0.3) is 0 Å². The standard InChI is InChI=1S/C29H22/c1-4-15-24(16-5-1)29(25-17-6-2-7-18-25,26-19-8-3-9-20-26)28-22-12-14-23-13-10-11-21-27(23)28/h1-22H. The van der Waals surface area contributed by atoms with Crippen LogP contribution in [-0.4, -0.2) is 0 Å². The van der Waals surface area contributed by atoms with Crippen LogP contribution in [0.2, 0.25) is 0 Å². The van der Waals surface area contributed by atoms with Crippen LogP contribution in [0.25, 0.3) is 10.8 Å². The van der Waals surface area contributed by atoms with Gasteiger partial charge in [0.05, 0.1) is 5.41 Å². The molecule has 0 aliphatic carbocycles. The molecule has 0 atom stereocenters. The summed E-state index contributed by atoms with van der Waals surface area (Å²) in [5.74, 6) is 0. The molecule has 0 amide bonds. The Labute approximate surface area is 172 Å². The predicted molar refractivity (Wildman–Crippen MR) is 122 cm³/mol. The number of hydrogen-bond acceptors (Lipinski definition) is 0. The van der Waals surface area contributed by atoms with E-state index in [1.165, 1.54) is 33.0 Å². The Bertz CT molecular complexity index is 1120. The summed E-state index contributed by atoms with van der Waals surface area (Å²) in [4.78, 5) is 0. The summed E-state index contributed by atoms with van der Waals surface area (Å²) in [5, 5.41) is 2.55. The van der Waals surface area contributed by atoms with Gasteiger partial charge in [0.15, 0.2) is 0 Å². The van der Waals surface area contributed by atoms with Crippen LogP contribution in [0.4, 0.5) is 0 Å². The minimum absolute atomic E-state index is 0.398. The minimum atomic E-state index is -0.398. The van der Waals surface area contributed by atoms with Crippen LogP contribution in [-0.2, 0) is 5.41 Å². The van der Waals surface area contributed by atoms with Gasteiger partial charge in [-0.1, -0.05) is 133 Å². The van der Waals surface area contributed by atoms with Gasteiger partial charge in [0.1, 0.15) is 0 Å². The quantitative estimate of drug-likeness (QED) is 0.293. The van der Waals surface area contributed by atoms with Gasteiger partial charge in [-0.25, -0.2) is 0 Å². The fraction of sp³-hybridized carbons (Fsp3) is 0.0345. The number of fused-ring (bicyclic) bond motifs is 1. The first kappa shape index (κ1) is 17.5. The van der Waals surface area contributed by atoms with Gasteiger partial charge in [0.2, 0.25) is 0 Å². The van der Waals surface area contributed by atoms with Crippen molar-refractivity contribution >= 4 is 10.8 Å². The molecule has 0 heterocycles. The van der Waals surface area contributed by atoms with Crippen LogP contribution in [0.15, 0.2) is 133 Å². The Morgan fingerprint density at radius 2 is 0.759 bits per heavy atom. The minimum Gasteiger partial charge on any atom is -0.0622 e. The molecule has 5 aromatic rings. The highest BCUT2D eigenvalue weighted by Gasteiger charge is 2.39. The Hall–Kier alpha value is -3.64. The van der Waals surface area contributed by atoms with E-state index in [1.54, 1.807) is 0 Å². The van der Waals surface area contributed by atoms with Gasteiger partial charge in [-0.3, -0.25) is 0 Å². The Kier molecular flexibility index (Phi) is 4.46. The average Bonchev–Trinajstić information content (AvgIpc) is 2.82. The number of rotatable bonds is 4. The lowest BCUT2D eigenvalue weighted by atomic mass is 9.64. The molecule has 0 saturated heterocycles. The molecule has 138 valence electrons. The lowest BCUT2D eigenvalue weighted by molar-refractivity contribution is 0.752. The van der Waals surface area contributed by atoms with Crippen LogP contribution in [0.5, 0.6) is 0 Å². The molecular weight excluding hydrogens is 348 g/mol. The third-order valence-electron chi connectivity index (χ3n) is 5.81. The summed E-state index contributed by atoms with van der Waals surface area (Å²) >= 11 is 0. The lowest BCUT2D eigenvalue weighted by Gasteiger charge is -2.37. The molecular formula is C29H22. The summed E-state index contributed by atoms with van der Waals surface area (Å²) in [6.45, 7) is 0. The largest absolute Gasteiger partial charge is 0.0707 e. The molecule has 0 aromatic heterocycles. The maximum atomic E-state index is 2.29. The first-order valence-corrected chi connectivity index (χ1v) is 10.1. The lowest BCUT2D eigenvalue weighted by Crippen LogP contribution is -2.31. The second-order valence-corrected chi connectivity index (χ2v) is 7.37. The molecule has 5 rings (SSSR count). The molecule has 0 aliphatic heterocycles. The molecule has 0 heteroatoms. The summed E-state index contributed by atoms with van der Waals surface area (Å²) in [6.07, 6.45) is 0. The maximum Gasteiger partial charge on any atom is 0.0707 e. The van der Waals surface area contributed by atoms with Gasteiger partial charge >= 0.3 is 0 Å². The van der Waals surface area contributed by atoms with Crippen molar-refractivity contribution in [3.63, 3.8) is 0 Å². The number of hydrogen-bond donors (Lipinski definition) is 0. The fourth-order valence-electron chi connectivity index (χ4n) is 4.58. The highest BCUT2D eigenvalue weighted by atomic mass is 14.4. The van der Waals surface area contributed by atoms with Crippen LogP contribution in [0.3, 0.4) is 0 Å². The van der Waals surface area contributed by atoms with E-state index < -0.39 is 5.41 Å². The SMILES string of the molecule is c1ccc(C(c2ccccc2)(c2ccccc2)c2cccc3ccccc23)cc1. The third-order valence-corrected chi connectivity index (χ3v) is 5.81. The van der Waals surface area contributed by atoms with E-state index in [1.807, 2.05) is 0 Å². The van der Waals surface area contributed by atoms with Crippen molar-refractivity contribution in [3.05, 3.63) is 156 Å². The van der Waals surface area contributed by atoms with E-state index in [0.29, 0.717) is 0 Å². The van der Waals surface area contributed by atoms with Gasteiger partial charge in [-0.15, -0.1) is 0 Å². The second-order valence-electron chi connectivity index (χ2n) is 7.37. The topological polar surface area (TPSA) is 0 Å². The molecule has 0 nitrogen and oxygen atoms in total. The average molecular weight is 370 g/mol. The fourth-order valence-corrected chi connectivity index (χ4v) is 4.58. The summed E-state index contributed by atoms with van der Waals surface area (Å²) in [7, 11) is 0. The van der Waals surface area contributed by atoms with Gasteiger partial charge in [-0.05, 0) is 33.0 Å². The van der Waals surface area contributed by atoms with Crippen molar-refractivity contribution in [1.29, 1.82) is 0 Å². The van der Waals surface area contributed by atoms with Crippen molar-refractivity contribution in [3.8, 4) is 0 Å². The molecule has 0 radical (unpaired) electrons. The van der Waals surface area contributed by atoms with E-state index in [0.717, 1.165) is 0 Å². The van der Waals surface area contributed by atoms with E-state index >= 15 is 0 Å². The first-order chi connectivity index (χ1) is 14.4. The normalized spacial score (nSPS) is 11.4. The van der Waals surface area contributed by atoms with E-state index in [2.05, 4.69) is 133 Å². The highest BCUT2D eigenvalue weighted by Crippen LogP contribution is 2.47. The Balaban J connectivity index is 1.99. The van der Waals surface area contributed by atoms with E-state index in [9.17, 15) is 0 Å². The molecule has 0 saturated carbocycles. The van der Waals surface area contributed by atoms with Gasteiger partial charge in [0, 0.05) is 0 Å². The molecule has 29 heavy (non-hydrogen) atoms. The molecule has 0 bridgehead atoms. The molecule has 0 N–H and O–H groups in total. The van der Waals surface area contributed by atoms with Crippen molar-refractivity contribution in [1.82, 2.24) is 0 Å². The van der Waals surface area contributed by atoms with Crippen LogP contribution < -0.4 is 0 Å². The Morgan fingerprint density at radius 1 is 0.345 bits per heavy atom. The van der Waals surface area contributed by atoms with Gasteiger partial charge < -0.3 is 0 Å². The maximum absolute atomic E-state index is 2.29. The van der Waals surface area contributed by atoms with Crippen LogP contribution in [0, 0.1) is 0 Å². The van der Waals surface area contributed by atoms with E-state index in [-0.39, 0.29) is 0 Å². The number of benzene rings is 5. The zero-order valence-electron chi connectivity index (χ0n) is 16.2. The molecule has 5 aromatic carbocycles. The highest BCUT2D eigenvalue weighted by molar-refractivity contribution is 5.89. The van der Waals surface area contributed by atoms with E-state index in [4.69, 9.17) is 0 Å². The predicted octanol–water partition coefficient (Wildman–Crippen LogP) is 7.22. The molecule has 0 spiro atoms. The van der Waals surface area contributed by atoms with Crippen molar-refractivity contribution in [2.45, 2.75) is 5.41 Å². The summed E-state index contributed by atoms with van der Waals surface area (Å²) < 4.78 is 0. The summed E-state index contributed by atoms with van der Waals surface area (Å²) in [6, 6.07) is 48.0. The Morgan fingerprint density at radius 3 is 1.28 bits per heavy atom. The molecule has 0 unspecified atom stereocenters. The molecule has 0 fully saturated rings. The zero-order chi connectivity index (χ0) is 19.5. The zero-order valence-corrected chi connectivity index (χ0v) is 16.2. The molecule has 0 aliphatic rings. The van der Waals surface area contributed by atoms with Crippen molar-refractivity contribution < 1.29 is 0 Å². The van der Waals surface area contributed by atoms with Crippen molar-refractivity contribution in [2.24, 2.45) is 0 Å². The second kappa shape index (κ2) is 7.41. The third kappa shape index (κ3) is 2.85. The van der Waals surface area contributed by atoms with Crippen molar-refractivity contribution in [2.75, 3.05) is 0 Å².